The first kappa shape index (κ1) is 31.8. The largest absolute Gasteiger partial charge is 0.352 e. The van der Waals surface area contributed by atoms with Crippen LogP contribution in [0.3, 0.4) is 0 Å². The fourth-order valence-electron chi connectivity index (χ4n) is 5.78. The Labute approximate surface area is 268 Å². The summed E-state index contributed by atoms with van der Waals surface area (Å²) in [5.74, 6) is -0.790. The van der Waals surface area contributed by atoms with E-state index in [1.165, 1.54) is 4.90 Å². The number of sulfonamides is 1. The van der Waals surface area contributed by atoms with Crippen molar-refractivity contribution < 1.29 is 18.0 Å². The maximum absolute atomic E-state index is 14.4. The van der Waals surface area contributed by atoms with Crippen LogP contribution in [-0.2, 0) is 32.6 Å². The van der Waals surface area contributed by atoms with Crippen LogP contribution < -0.4 is 9.62 Å². The molecule has 2 amide bonds. The molecule has 0 aromatic heterocycles. The summed E-state index contributed by atoms with van der Waals surface area (Å²) in [5.41, 5.74) is 1.93. The summed E-state index contributed by atoms with van der Waals surface area (Å²) in [4.78, 5) is 29.9. The molecule has 0 unspecified atom stereocenters. The zero-order valence-corrected chi connectivity index (χ0v) is 26.8. The average Bonchev–Trinajstić information content (AvgIpc) is 3.52. The van der Waals surface area contributed by atoms with Gasteiger partial charge in [0, 0.05) is 24.4 Å². The Hall–Kier alpha value is -3.59. The molecule has 44 heavy (non-hydrogen) atoms. The van der Waals surface area contributed by atoms with Gasteiger partial charge in [0.2, 0.25) is 21.8 Å². The van der Waals surface area contributed by atoms with E-state index in [1.54, 1.807) is 30.3 Å². The molecule has 0 heterocycles. The van der Waals surface area contributed by atoms with E-state index in [1.807, 2.05) is 60.7 Å². The quantitative estimate of drug-likeness (QED) is 0.198. The topological polar surface area (TPSA) is 86.8 Å². The number of hydrogen-bond acceptors (Lipinski definition) is 4. The van der Waals surface area contributed by atoms with Gasteiger partial charge in [-0.2, -0.15) is 0 Å². The second-order valence-corrected chi connectivity index (χ2v) is 14.0. The van der Waals surface area contributed by atoms with Gasteiger partial charge in [-0.05, 0) is 47.6 Å². The van der Waals surface area contributed by atoms with E-state index < -0.39 is 28.5 Å². The summed E-state index contributed by atoms with van der Waals surface area (Å²) in [7, 11) is -3.90. The van der Waals surface area contributed by atoms with E-state index >= 15 is 0 Å². The number of benzene rings is 4. The lowest BCUT2D eigenvalue weighted by atomic mass is 10.0. The molecule has 1 saturated carbocycles. The highest BCUT2D eigenvalue weighted by molar-refractivity contribution is 7.92. The molecule has 1 fully saturated rings. The van der Waals surface area contributed by atoms with Crippen LogP contribution in [0, 0.1) is 0 Å². The van der Waals surface area contributed by atoms with Gasteiger partial charge in [0.25, 0.3) is 0 Å². The SMILES string of the molecule is CS(=O)(=O)N(CC(=O)N(Cc1ccc(Cl)c(Cl)c1)[C@@H](Cc1ccccc1)C(=O)NC1CCCC1)c1cccc2ccccc12. The highest BCUT2D eigenvalue weighted by Gasteiger charge is 2.34. The Bertz CT molecular complexity index is 1740. The molecule has 0 saturated heterocycles. The summed E-state index contributed by atoms with van der Waals surface area (Å²) >= 11 is 12.5. The van der Waals surface area contributed by atoms with E-state index in [0.717, 1.165) is 47.2 Å². The Kier molecular flexibility index (Phi) is 10.1. The molecule has 5 rings (SSSR count). The van der Waals surface area contributed by atoms with Gasteiger partial charge in [-0.25, -0.2) is 8.42 Å². The molecule has 1 aliphatic carbocycles. The summed E-state index contributed by atoms with van der Waals surface area (Å²) in [6.07, 6.45) is 5.17. The van der Waals surface area contributed by atoms with Crippen LogP contribution in [0.1, 0.15) is 36.8 Å². The predicted molar refractivity (Wildman–Crippen MR) is 177 cm³/mol. The number of nitrogens with one attached hydrogen (secondary N) is 1. The minimum Gasteiger partial charge on any atom is -0.352 e. The second kappa shape index (κ2) is 14.0. The van der Waals surface area contributed by atoms with E-state index in [9.17, 15) is 18.0 Å². The van der Waals surface area contributed by atoms with Crippen LogP contribution in [0.15, 0.2) is 91.0 Å². The van der Waals surface area contributed by atoms with Crippen molar-refractivity contribution in [3.63, 3.8) is 0 Å². The maximum Gasteiger partial charge on any atom is 0.244 e. The molecule has 1 aliphatic rings. The molecule has 10 heteroatoms. The third-order valence-corrected chi connectivity index (χ3v) is 9.89. The van der Waals surface area contributed by atoms with Crippen LogP contribution in [-0.4, -0.2) is 50.0 Å². The minimum atomic E-state index is -3.90. The lowest BCUT2D eigenvalue weighted by Gasteiger charge is -2.34. The number of carbonyl (C=O) groups is 2. The van der Waals surface area contributed by atoms with Gasteiger partial charge in [-0.1, -0.05) is 109 Å². The molecule has 0 bridgehead atoms. The van der Waals surface area contributed by atoms with Crippen molar-refractivity contribution in [1.29, 1.82) is 0 Å². The molecule has 0 aliphatic heterocycles. The molecular weight excluding hydrogens is 617 g/mol. The van der Waals surface area contributed by atoms with Crippen LogP contribution in [0.25, 0.3) is 10.8 Å². The standard InChI is InChI=1S/C34H35Cl2N3O4S/c1-44(42,43)39(31-17-9-13-26-12-5-8-16-28(26)31)23-33(40)38(22-25-18-19-29(35)30(36)20-25)32(21-24-10-3-2-4-11-24)34(41)37-27-14-6-7-15-27/h2-5,8-13,16-20,27,32H,6-7,14-15,21-23H2,1H3,(H,37,41)/t32-/m0/s1. The van der Waals surface area contributed by atoms with Crippen molar-refractivity contribution in [2.45, 2.75) is 50.7 Å². The number of hydrogen-bond donors (Lipinski definition) is 1. The zero-order valence-electron chi connectivity index (χ0n) is 24.5. The molecule has 1 N–H and O–H groups in total. The van der Waals surface area contributed by atoms with Gasteiger partial charge < -0.3 is 10.2 Å². The average molecular weight is 653 g/mol. The van der Waals surface area contributed by atoms with E-state index in [4.69, 9.17) is 23.2 Å². The Morgan fingerprint density at radius 3 is 2.25 bits per heavy atom. The van der Waals surface area contributed by atoms with Crippen molar-refractivity contribution >= 4 is 61.5 Å². The molecule has 230 valence electrons. The molecule has 1 atom stereocenters. The van der Waals surface area contributed by atoms with Crippen LogP contribution >= 0.6 is 23.2 Å². The van der Waals surface area contributed by atoms with E-state index in [-0.39, 0.29) is 24.9 Å². The van der Waals surface area contributed by atoms with Gasteiger partial charge >= 0.3 is 0 Å². The monoisotopic (exact) mass is 651 g/mol. The van der Waals surface area contributed by atoms with Crippen LogP contribution in [0.2, 0.25) is 10.0 Å². The maximum atomic E-state index is 14.4. The fourth-order valence-corrected chi connectivity index (χ4v) is 6.96. The van der Waals surface area contributed by atoms with Crippen molar-refractivity contribution in [2.24, 2.45) is 0 Å². The third kappa shape index (κ3) is 7.73. The first-order chi connectivity index (χ1) is 21.1. The van der Waals surface area contributed by atoms with Crippen LogP contribution in [0.5, 0.6) is 0 Å². The number of halogens is 2. The van der Waals surface area contributed by atoms with Crippen molar-refractivity contribution in [3.05, 3.63) is 112 Å². The van der Waals surface area contributed by atoms with Gasteiger partial charge in [0.1, 0.15) is 12.6 Å². The van der Waals surface area contributed by atoms with Gasteiger partial charge in [-0.15, -0.1) is 0 Å². The van der Waals surface area contributed by atoms with Gasteiger partial charge in [-0.3, -0.25) is 13.9 Å². The number of rotatable bonds is 11. The first-order valence-electron chi connectivity index (χ1n) is 14.6. The zero-order chi connectivity index (χ0) is 31.3. The van der Waals surface area contributed by atoms with Crippen molar-refractivity contribution in [1.82, 2.24) is 10.2 Å². The highest BCUT2D eigenvalue weighted by Crippen LogP contribution is 2.30. The number of fused-ring (bicyclic) bond motifs is 1. The third-order valence-electron chi connectivity index (χ3n) is 8.02. The minimum absolute atomic E-state index is 0.0262. The molecule has 0 radical (unpaired) electrons. The smallest absolute Gasteiger partial charge is 0.244 e. The molecule has 4 aromatic rings. The van der Waals surface area contributed by atoms with Crippen molar-refractivity contribution in [3.8, 4) is 0 Å². The fraction of sp³-hybridized carbons (Fsp3) is 0.294. The first-order valence-corrected chi connectivity index (χ1v) is 17.2. The molecule has 0 spiro atoms. The Balaban J connectivity index is 1.56. The number of nitrogens with zero attached hydrogens (tertiary/aromatic N) is 2. The lowest BCUT2D eigenvalue weighted by Crippen LogP contribution is -2.54. The molecule has 4 aromatic carbocycles. The molecule has 7 nitrogen and oxygen atoms in total. The summed E-state index contributed by atoms with van der Waals surface area (Å²) in [6, 6.07) is 26.4. The molecular formula is C34H35Cl2N3O4S. The van der Waals surface area contributed by atoms with Gasteiger partial charge in [0.05, 0.1) is 22.0 Å². The summed E-state index contributed by atoms with van der Waals surface area (Å²) in [5, 5.41) is 5.40. The number of amides is 2. The van der Waals surface area contributed by atoms with Crippen LogP contribution in [0.4, 0.5) is 5.69 Å². The predicted octanol–water partition coefficient (Wildman–Crippen LogP) is 6.61. The van der Waals surface area contributed by atoms with E-state index in [2.05, 4.69) is 5.32 Å². The van der Waals surface area contributed by atoms with E-state index in [0.29, 0.717) is 26.7 Å². The Morgan fingerprint density at radius 2 is 1.55 bits per heavy atom. The normalized spacial score (nSPS) is 14.3. The summed E-state index contributed by atoms with van der Waals surface area (Å²) in [6.45, 7) is -0.464. The summed E-state index contributed by atoms with van der Waals surface area (Å²) < 4.78 is 27.6. The van der Waals surface area contributed by atoms with Crippen molar-refractivity contribution in [2.75, 3.05) is 17.1 Å². The second-order valence-electron chi connectivity index (χ2n) is 11.2. The van der Waals surface area contributed by atoms with Gasteiger partial charge in [0.15, 0.2) is 0 Å². The Morgan fingerprint density at radius 1 is 0.864 bits per heavy atom. The number of anilines is 1. The highest BCUT2D eigenvalue weighted by atomic mass is 35.5. The lowest BCUT2D eigenvalue weighted by molar-refractivity contribution is -0.140. The number of carbonyl (C=O) groups excluding carboxylic acids is 2.